The fourth-order valence-electron chi connectivity index (χ4n) is 1.67. The smallest absolute Gasteiger partial charge is 0.129 e. The maximum absolute atomic E-state index is 13.3. The maximum atomic E-state index is 13.3. The number of rotatable bonds is 4. The Bertz CT molecular complexity index is 323. The summed E-state index contributed by atoms with van der Waals surface area (Å²) in [7, 11) is 0. The van der Waals surface area contributed by atoms with E-state index in [1.165, 1.54) is 12.1 Å². The molecule has 0 amide bonds. The van der Waals surface area contributed by atoms with Crippen molar-refractivity contribution in [2.75, 3.05) is 0 Å². The van der Waals surface area contributed by atoms with E-state index in [4.69, 9.17) is 5.73 Å². The molecule has 0 aliphatic carbocycles. The molecule has 84 valence electrons. The van der Waals surface area contributed by atoms with Crippen LogP contribution in [-0.4, -0.2) is 6.04 Å². The monoisotopic (exact) mass is 213 g/mol. The molecule has 1 unspecified atom stereocenters. The van der Waals surface area contributed by atoms with Crippen LogP contribution >= 0.6 is 0 Å². The molecule has 2 N–H and O–H groups in total. The zero-order chi connectivity index (χ0) is 11.4. The van der Waals surface area contributed by atoms with E-state index in [1.54, 1.807) is 0 Å². The third-order valence-corrected chi connectivity index (χ3v) is 2.77. The molecular weight excluding hydrogens is 196 g/mol. The molecule has 0 heterocycles. The Morgan fingerprint density at radius 2 is 2.00 bits per heavy atom. The van der Waals surface area contributed by atoms with Crippen LogP contribution in [0.2, 0.25) is 0 Å². The summed E-state index contributed by atoms with van der Waals surface area (Å²) in [6.07, 6.45) is 1.47. The lowest BCUT2D eigenvalue weighted by atomic mass is 9.91. The number of nitrogens with two attached hydrogens (primary N) is 1. The van der Waals surface area contributed by atoms with Gasteiger partial charge in [-0.15, -0.1) is 0 Å². The molecule has 0 bridgehead atoms. The van der Waals surface area contributed by atoms with Crippen molar-refractivity contribution in [1.82, 2.24) is 0 Å². The van der Waals surface area contributed by atoms with Crippen molar-refractivity contribution in [3.05, 3.63) is 35.4 Å². The van der Waals surface area contributed by atoms with Gasteiger partial charge in [0.25, 0.3) is 0 Å². The maximum Gasteiger partial charge on any atom is 0.129 e. The van der Waals surface area contributed by atoms with Crippen LogP contribution in [0, 0.1) is 17.6 Å². The zero-order valence-corrected chi connectivity index (χ0v) is 9.13. The van der Waals surface area contributed by atoms with E-state index in [9.17, 15) is 8.78 Å². The quantitative estimate of drug-likeness (QED) is 0.817. The summed E-state index contributed by atoms with van der Waals surface area (Å²) in [6, 6.07) is 3.73. The molecule has 0 spiro atoms. The number of hydrogen-bond donors (Lipinski definition) is 1. The van der Waals surface area contributed by atoms with Gasteiger partial charge in [-0.25, -0.2) is 8.78 Å². The first kappa shape index (κ1) is 12.1. The van der Waals surface area contributed by atoms with Gasteiger partial charge < -0.3 is 5.73 Å². The standard InChI is InChI=1S/C12H17F2N/c1-3-9(8(2)15)6-10-4-5-11(13)7-12(10)14/h4-5,7-9H,3,6,15H2,1-2H3/t8?,9-/m0/s1. The summed E-state index contributed by atoms with van der Waals surface area (Å²) in [6.45, 7) is 3.94. The van der Waals surface area contributed by atoms with Gasteiger partial charge in [-0.3, -0.25) is 0 Å². The molecule has 0 aromatic heterocycles. The molecular formula is C12H17F2N. The second kappa shape index (κ2) is 5.21. The van der Waals surface area contributed by atoms with Crippen LogP contribution in [-0.2, 0) is 6.42 Å². The topological polar surface area (TPSA) is 26.0 Å². The summed E-state index contributed by atoms with van der Waals surface area (Å²) >= 11 is 0. The highest BCUT2D eigenvalue weighted by atomic mass is 19.1. The molecule has 0 saturated carbocycles. The summed E-state index contributed by atoms with van der Waals surface area (Å²) in [5, 5.41) is 0. The predicted octanol–water partition coefficient (Wildman–Crippen LogP) is 2.88. The van der Waals surface area contributed by atoms with E-state index in [0.29, 0.717) is 12.0 Å². The lowest BCUT2D eigenvalue weighted by molar-refractivity contribution is 0.419. The summed E-state index contributed by atoms with van der Waals surface area (Å²) < 4.78 is 26.0. The molecule has 1 rings (SSSR count). The molecule has 2 atom stereocenters. The number of hydrogen-bond acceptors (Lipinski definition) is 1. The van der Waals surface area contributed by atoms with E-state index < -0.39 is 11.6 Å². The van der Waals surface area contributed by atoms with Gasteiger partial charge in [-0.1, -0.05) is 19.4 Å². The summed E-state index contributed by atoms with van der Waals surface area (Å²) in [5.74, 6) is -0.774. The molecule has 0 aliphatic heterocycles. The van der Waals surface area contributed by atoms with Crippen molar-refractivity contribution < 1.29 is 8.78 Å². The molecule has 0 fully saturated rings. The highest BCUT2D eigenvalue weighted by Crippen LogP contribution is 2.18. The van der Waals surface area contributed by atoms with E-state index in [2.05, 4.69) is 0 Å². The largest absolute Gasteiger partial charge is 0.328 e. The number of halogens is 2. The average molecular weight is 213 g/mol. The van der Waals surface area contributed by atoms with Gasteiger partial charge in [0, 0.05) is 12.1 Å². The second-order valence-electron chi connectivity index (χ2n) is 3.97. The van der Waals surface area contributed by atoms with E-state index in [-0.39, 0.29) is 12.0 Å². The molecule has 1 aromatic carbocycles. The Kier molecular flexibility index (Phi) is 4.21. The average Bonchev–Trinajstić information content (AvgIpc) is 2.16. The van der Waals surface area contributed by atoms with Crippen LogP contribution < -0.4 is 5.73 Å². The first-order valence-corrected chi connectivity index (χ1v) is 5.24. The first-order chi connectivity index (χ1) is 7.04. The number of benzene rings is 1. The lowest BCUT2D eigenvalue weighted by Gasteiger charge is -2.19. The minimum Gasteiger partial charge on any atom is -0.328 e. The molecule has 0 aliphatic rings. The van der Waals surface area contributed by atoms with Crippen molar-refractivity contribution in [3.8, 4) is 0 Å². The van der Waals surface area contributed by atoms with E-state index >= 15 is 0 Å². The molecule has 15 heavy (non-hydrogen) atoms. The summed E-state index contributed by atoms with van der Waals surface area (Å²) in [4.78, 5) is 0. The van der Waals surface area contributed by atoms with Crippen LogP contribution in [0.15, 0.2) is 18.2 Å². The molecule has 1 nitrogen and oxygen atoms in total. The van der Waals surface area contributed by atoms with Crippen molar-refractivity contribution in [2.45, 2.75) is 32.7 Å². The van der Waals surface area contributed by atoms with Crippen LogP contribution in [0.3, 0.4) is 0 Å². The third-order valence-electron chi connectivity index (χ3n) is 2.77. The third kappa shape index (κ3) is 3.27. The van der Waals surface area contributed by atoms with Crippen LogP contribution in [0.25, 0.3) is 0 Å². The Morgan fingerprint density at radius 3 is 2.47 bits per heavy atom. The minimum atomic E-state index is -0.537. The van der Waals surface area contributed by atoms with Gasteiger partial charge in [0.05, 0.1) is 0 Å². The van der Waals surface area contributed by atoms with Crippen molar-refractivity contribution >= 4 is 0 Å². The zero-order valence-electron chi connectivity index (χ0n) is 9.13. The fourth-order valence-corrected chi connectivity index (χ4v) is 1.67. The van der Waals surface area contributed by atoms with Crippen molar-refractivity contribution in [2.24, 2.45) is 11.7 Å². The Balaban J connectivity index is 2.79. The normalized spacial score (nSPS) is 15.0. The van der Waals surface area contributed by atoms with Crippen LogP contribution in [0.4, 0.5) is 8.78 Å². The van der Waals surface area contributed by atoms with Gasteiger partial charge in [0.2, 0.25) is 0 Å². The minimum absolute atomic E-state index is 0.0273. The first-order valence-electron chi connectivity index (χ1n) is 5.24. The highest BCUT2D eigenvalue weighted by Gasteiger charge is 2.14. The molecule has 1 aromatic rings. The van der Waals surface area contributed by atoms with Gasteiger partial charge in [0.1, 0.15) is 11.6 Å². The lowest BCUT2D eigenvalue weighted by Crippen LogP contribution is -2.27. The Hall–Kier alpha value is -0.960. The second-order valence-corrected chi connectivity index (χ2v) is 3.97. The molecule has 3 heteroatoms. The predicted molar refractivity (Wildman–Crippen MR) is 57.5 cm³/mol. The van der Waals surface area contributed by atoms with E-state index in [0.717, 1.165) is 12.5 Å². The van der Waals surface area contributed by atoms with Crippen LogP contribution in [0.1, 0.15) is 25.8 Å². The SMILES string of the molecule is CC[C@@H](Cc1ccc(F)cc1F)C(C)N. The van der Waals surface area contributed by atoms with Crippen molar-refractivity contribution in [1.29, 1.82) is 0 Å². The summed E-state index contributed by atoms with van der Waals surface area (Å²) in [5.41, 5.74) is 6.32. The van der Waals surface area contributed by atoms with Gasteiger partial charge in [-0.2, -0.15) is 0 Å². The van der Waals surface area contributed by atoms with Crippen molar-refractivity contribution in [3.63, 3.8) is 0 Å². The van der Waals surface area contributed by atoms with Crippen LogP contribution in [0.5, 0.6) is 0 Å². The highest BCUT2D eigenvalue weighted by molar-refractivity contribution is 5.19. The van der Waals surface area contributed by atoms with Gasteiger partial charge in [-0.05, 0) is 30.9 Å². The van der Waals surface area contributed by atoms with Gasteiger partial charge in [0.15, 0.2) is 0 Å². The molecule has 0 saturated heterocycles. The Labute approximate surface area is 89.3 Å². The molecule has 0 radical (unpaired) electrons. The van der Waals surface area contributed by atoms with Gasteiger partial charge >= 0.3 is 0 Å². The fraction of sp³-hybridized carbons (Fsp3) is 0.500. The Morgan fingerprint density at radius 1 is 1.33 bits per heavy atom. The van der Waals surface area contributed by atoms with E-state index in [1.807, 2.05) is 13.8 Å².